The average Bonchev–Trinajstić information content (AvgIpc) is 1.88. The molecule has 0 saturated heterocycles. The van der Waals surface area contributed by atoms with Crippen LogP contribution in [-0.4, -0.2) is 4.92 Å². The van der Waals surface area contributed by atoms with E-state index in [4.69, 9.17) is 5.73 Å². The number of rotatable bonds is 1. The van der Waals surface area contributed by atoms with Crippen LogP contribution in [0.25, 0.3) is 0 Å². The lowest BCUT2D eigenvalue weighted by molar-refractivity contribution is -0.384. The Morgan fingerprint density at radius 3 is 2.80 bits per heavy atom. The second-order valence-electron chi connectivity index (χ2n) is 1.76. The number of non-ortho nitro benzene ring substituents is 1. The van der Waals surface area contributed by atoms with Crippen molar-refractivity contribution in [3.05, 3.63) is 34.4 Å². The van der Waals surface area contributed by atoms with Crippen LogP contribution in [0.2, 0.25) is 0 Å². The van der Waals surface area contributed by atoms with E-state index >= 15 is 0 Å². The van der Waals surface area contributed by atoms with E-state index < -0.39 is 4.92 Å². The highest BCUT2D eigenvalue weighted by Crippen LogP contribution is 2.12. The van der Waals surface area contributed by atoms with Crippen molar-refractivity contribution in [3.8, 4) is 0 Å². The summed E-state index contributed by atoms with van der Waals surface area (Å²) >= 11 is 0. The third kappa shape index (κ3) is 1.22. The SMILES string of the molecule is Nc1[c]ccc([N+](=O)[O-])c1. The second-order valence-corrected chi connectivity index (χ2v) is 1.76. The molecule has 10 heavy (non-hydrogen) atoms. The molecule has 1 rings (SSSR count). The maximum atomic E-state index is 10.1. The Kier molecular flexibility index (Phi) is 1.53. The summed E-state index contributed by atoms with van der Waals surface area (Å²) in [5.41, 5.74) is 5.52. The summed E-state index contributed by atoms with van der Waals surface area (Å²) in [6.45, 7) is 0. The topological polar surface area (TPSA) is 69.2 Å². The Bertz CT molecular complexity index is 260. The Labute approximate surface area is 57.4 Å². The first-order valence-electron chi connectivity index (χ1n) is 2.62. The summed E-state index contributed by atoms with van der Waals surface area (Å²) in [6.07, 6.45) is 0. The number of nitrogens with zero attached hydrogens (tertiary/aromatic N) is 1. The molecule has 0 heterocycles. The van der Waals surface area contributed by atoms with Gasteiger partial charge in [-0.05, 0) is 6.07 Å². The smallest absolute Gasteiger partial charge is 0.271 e. The minimum absolute atomic E-state index is 0.00347. The molecule has 0 aliphatic carbocycles. The van der Waals surface area contributed by atoms with E-state index in [1.54, 1.807) is 0 Å². The molecule has 0 unspecified atom stereocenters. The van der Waals surface area contributed by atoms with E-state index in [-0.39, 0.29) is 11.4 Å². The fourth-order valence-electron chi connectivity index (χ4n) is 0.586. The van der Waals surface area contributed by atoms with Crippen molar-refractivity contribution < 1.29 is 4.92 Å². The number of nitro groups is 1. The molecule has 4 heteroatoms. The third-order valence-corrected chi connectivity index (χ3v) is 1.02. The molecule has 1 aromatic rings. The standard InChI is InChI=1S/C6H5N2O2/c7-5-2-1-3-6(4-5)8(9)10/h1,3-4H,7H2. The lowest BCUT2D eigenvalue weighted by Crippen LogP contribution is -1.90. The highest BCUT2D eigenvalue weighted by atomic mass is 16.6. The number of nitrogens with two attached hydrogens (primary N) is 1. The number of anilines is 1. The maximum Gasteiger partial charge on any atom is 0.271 e. The quantitative estimate of drug-likeness (QED) is 0.356. The van der Waals surface area contributed by atoms with Crippen LogP contribution in [0.3, 0.4) is 0 Å². The number of nitro benzene ring substituents is 1. The summed E-state index contributed by atoms with van der Waals surface area (Å²) in [6, 6.07) is 6.63. The van der Waals surface area contributed by atoms with Crippen molar-refractivity contribution in [1.29, 1.82) is 0 Å². The molecule has 0 atom stereocenters. The van der Waals surface area contributed by atoms with E-state index in [9.17, 15) is 10.1 Å². The van der Waals surface area contributed by atoms with E-state index in [0.29, 0.717) is 0 Å². The van der Waals surface area contributed by atoms with Gasteiger partial charge in [-0.25, -0.2) is 0 Å². The fraction of sp³-hybridized carbons (Fsp3) is 0. The van der Waals surface area contributed by atoms with Gasteiger partial charge in [0, 0.05) is 23.9 Å². The Hall–Kier alpha value is -1.58. The van der Waals surface area contributed by atoms with Crippen LogP contribution in [0, 0.1) is 16.2 Å². The largest absolute Gasteiger partial charge is 0.398 e. The highest BCUT2D eigenvalue weighted by Gasteiger charge is 2.02. The summed E-state index contributed by atoms with van der Waals surface area (Å²) < 4.78 is 0. The Morgan fingerprint density at radius 1 is 1.70 bits per heavy atom. The van der Waals surface area contributed by atoms with Crippen LogP contribution in [0.4, 0.5) is 11.4 Å². The van der Waals surface area contributed by atoms with Crippen LogP contribution in [0.15, 0.2) is 18.2 Å². The van der Waals surface area contributed by atoms with Crippen molar-refractivity contribution in [2.45, 2.75) is 0 Å². The number of hydrogen-bond donors (Lipinski definition) is 1. The van der Waals surface area contributed by atoms with Gasteiger partial charge < -0.3 is 5.73 Å². The molecule has 0 spiro atoms. The van der Waals surface area contributed by atoms with E-state index in [0.717, 1.165) is 0 Å². The summed E-state index contributed by atoms with van der Waals surface area (Å²) in [4.78, 5) is 9.59. The van der Waals surface area contributed by atoms with Gasteiger partial charge in [0.25, 0.3) is 5.69 Å². The molecule has 0 aliphatic rings. The first-order chi connectivity index (χ1) is 4.70. The molecule has 1 radical (unpaired) electrons. The van der Waals surface area contributed by atoms with E-state index in [1.807, 2.05) is 0 Å². The molecule has 0 amide bonds. The minimum Gasteiger partial charge on any atom is -0.398 e. The van der Waals surface area contributed by atoms with Crippen molar-refractivity contribution in [2.75, 3.05) is 5.73 Å². The summed E-state index contributed by atoms with van der Waals surface area (Å²) in [5.74, 6) is 0. The highest BCUT2D eigenvalue weighted by molar-refractivity contribution is 5.45. The molecule has 1 aromatic carbocycles. The van der Waals surface area contributed by atoms with Gasteiger partial charge in [0.1, 0.15) is 0 Å². The molecule has 0 aliphatic heterocycles. The van der Waals surface area contributed by atoms with Gasteiger partial charge in [0.05, 0.1) is 4.92 Å². The van der Waals surface area contributed by atoms with Crippen LogP contribution in [0.1, 0.15) is 0 Å². The maximum absolute atomic E-state index is 10.1. The lowest BCUT2D eigenvalue weighted by atomic mass is 10.3. The van der Waals surface area contributed by atoms with Gasteiger partial charge in [0.2, 0.25) is 0 Å². The molecule has 51 valence electrons. The molecule has 4 nitrogen and oxygen atoms in total. The van der Waals surface area contributed by atoms with Crippen LogP contribution in [-0.2, 0) is 0 Å². The zero-order valence-electron chi connectivity index (χ0n) is 5.07. The zero-order valence-corrected chi connectivity index (χ0v) is 5.07. The lowest BCUT2D eigenvalue weighted by Gasteiger charge is -1.90. The summed E-state index contributed by atoms with van der Waals surface area (Å²) in [7, 11) is 0. The normalized spacial score (nSPS) is 9.20. The van der Waals surface area contributed by atoms with Gasteiger partial charge in [-0.3, -0.25) is 10.1 Å². The number of hydrogen-bond acceptors (Lipinski definition) is 3. The van der Waals surface area contributed by atoms with Crippen molar-refractivity contribution in [1.82, 2.24) is 0 Å². The summed E-state index contributed by atoms with van der Waals surface area (Å²) in [5, 5.41) is 10.1. The van der Waals surface area contributed by atoms with Crippen LogP contribution >= 0.6 is 0 Å². The zero-order chi connectivity index (χ0) is 7.56. The molecule has 0 bridgehead atoms. The molecule has 0 saturated carbocycles. The van der Waals surface area contributed by atoms with E-state index in [2.05, 4.69) is 6.07 Å². The molecular weight excluding hydrogens is 132 g/mol. The van der Waals surface area contributed by atoms with Gasteiger partial charge in [0.15, 0.2) is 0 Å². The molecule has 0 fully saturated rings. The van der Waals surface area contributed by atoms with Crippen molar-refractivity contribution in [2.24, 2.45) is 0 Å². The monoisotopic (exact) mass is 137 g/mol. The molecular formula is C6H5N2O2. The third-order valence-electron chi connectivity index (χ3n) is 1.02. The Morgan fingerprint density at radius 2 is 2.40 bits per heavy atom. The second kappa shape index (κ2) is 2.34. The van der Waals surface area contributed by atoms with Gasteiger partial charge in [-0.2, -0.15) is 0 Å². The fourth-order valence-corrected chi connectivity index (χ4v) is 0.586. The first kappa shape index (κ1) is 6.54. The van der Waals surface area contributed by atoms with E-state index in [1.165, 1.54) is 18.2 Å². The predicted molar refractivity (Wildman–Crippen MR) is 36.3 cm³/mol. The van der Waals surface area contributed by atoms with Crippen LogP contribution < -0.4 is 5.73 Å². The number of benzene rings is 1. The Balaban J connectivity index is 3.07. The van der Waals surface area contributed by atoms with Gasteiger partial charge >= 0.3 is 0 Å². The molecule has 2 N–H and O–H groups in total. The van der Waals surface area contributed by atoms with Crippen LogP contribution in [0.5, 0.6) is 0 Å². The average molecular weight is 137 g/mol. The number of nitrogen functional groups attached to an aromatic ring is 1. The van der Waals surface area contributed by atoms with Crippen molar-refractivity contribution >= 4 is 11.4 Å². The molecule has 0 aromatic heterocycles. The minimum atomic E-state index is -0.496. The van der Waals surface area contributed by atoms with Gasteiger partial charge in [-0.15, -0.1) is 0 Å². The predicted octanol–water partition coefficient (Wildman–Crippen LogP) is 0.977. The van der Waals surface area contributed by atoms with Gasteiger partial charge in [-0.1, -0.05) is 0 Å². The first-order valence-corrected chi connectivity index (χ1v) is 2.62. The van der Waals surface area contributed by atoms with Crippen molar-refractivity contribution in [3.63, 3.8) is 0 Å².